The number of carbonyl (C=O) groups is 3. The second-order valence-electron chi connectivity index (χ2n) is 10.2. The van der Waals surface area contributed by atoms with Crippen LogP contribution in [0.4, 0.5) is 4.79 Å². The molecule has 40 heavy (non-hydrogen) atoms. The summed E-state index contributed by atoms with van der Waals surface area (Å²) in [6.45, 7) is 5.07. The van der Waals surface area contributed by atoms with E-state index in [-0.39, 0.29) is 45.2 Å². The van der Waals surface area contributed by atoms with Gasteiger partial charge in [-0.25, -0.2) is 14.4 Å². The Kier molecular flexibility index (Phi) is 10.8. The van der Waals surface area contributed by atoms with Gasteiger partial charge in [-0.15, -0.1) is 0 Å². The molecular weight excluding hydrogens is 588 g/mol. The van der Waals surface area contributed by atoms with Crippen LogP contribution in [-0.4, -0.2) is 40.5 Å². The summed E-state index contributed by atoms with van der Waals surface area (Å²) in [5, 5.41) is 20.0. The monoisotopic (exact) mass is 622 g/mol. The first-order chi connectivity index (χ1) is 19.0. The number of phenols is 1. The number of esters is 2. The fraction of sp³-hybridized carbons (Fsp3) is 0.517. The number of halogens is 1. The molecule has 0 radical (unpaired) electrons. The van der Waals surface area contributed by atoms with Gasteiger partial charge in [-0.1, -0.05) is 51.0 Å². The number of ether oxygens (including phenoxy) is 3. The molecule has 1 aromatic carbocycles. The van der Waals surface area contributed by atoms with Crippen molar-refractivity contribution in [1.29, 1.82) is 0 Å². The van der Waals surface area contributed by atoms with E-state index in [1.54, 1.807) is 13.8 Å². The number of carboxylic acid groups (broad SMARTS) is 1. The molecule has 0 amide bonds. The first kappa shape index (κ1) is 31.2. The van der Waals surface area contributed by atoms with Crippen molar-refractivity contribution in [2.24, 2.45) is 0 Å². The number of hydrogen-bond donors (Lipinski definition) is 2. The van der Waals surface area contributed by atoms with Crippen LogP contribution in [0.25, 0.3) is 11.0 Å². The molecule has 11 heteroatoms. The topological polar surface area (TPSA) is 150 Å². The molecule has 2 atom stereocenters. The van der Waals surface area contributed by atoms with E-state index in [1.807, 2.05) is 0 Å². The van der Waals surface area contributed by atoms with Gasteiger partial charge in [-0.2, -0.15) is 0 Å². The Morgan fingerprint density at radius 2 is 1.75 bits per heavy atom. The Morgan fingerprint density at radius 3 is 2.38 bits per heavy atom. The smallest absolute Gasteiger partial charge is 0.506 e. The fourth-order valence-corrected chi connectivity index (χ4v) is 5.15. The molecular formula is C29H35BrO10. The van der Waals surface area contributed by atoms with Gasteiger partial charge in [0.25, 0.3) is 0 Å². The molecule has 0 spiro atoms. The van der Waals surface area contributed by atoms with Gasteiger partial charge in [0.1, 0.15) is 17.9 Å². The van der Waals surface area contributed by atoms with Gasteiger partial charge in [0.2, 0.25) is 0 Å². The molecule has 1 fully saturated rings. The van der Waals surface area contributed by atoms with E-state index >= 15 is 0 Å². The van der Waals surface area contributed by atoms with E-state index in [2.05, 4.69) is 22.9 Å². The highest BCUT2D eigenvalue weighted by Gasteiger charge is 2.54. The second kappa shape index (κ2) is 13.8. The minimum absolute atomic E-state index is 0.0280. The summed E-state index contributed by atoms with van der Waals surface area (Å²) in [6, 6.07) is 3.66. The Balaban J connectivity index is 1.95. The number of phenolic OH excluding ortho intramolecular Hbond substituents is 1. The summed E-state index contributed by atoms with van der Waals surface area (Å²) < 4.78 is 22.0. The molecule has 1 saturated heterocycles. The summed E-state index contributed by atoms with van der Waals surface area (Å²) in [6.07, 6.45) is 3.90. The Bertz CT molecular complexity index is 1340. The summed E-state index contributed by atoms with van der Waals surface area (Å²) in [7, 11) is 0. The first-order valence-electron chi connectivity index (χ1n) is 13.4. The largest absolute Gasteiger partial charge is 0.507 e. The molecule has 0 bridgehead atoms. The number of aromatic hydroxyl groups is 1. The maximum absolute atomic E-state index is 12.9. The van der Waals surface area contributed by atoms with Crippen LogP contribution in [0.1, 0.15) is 90.2 Å². The van der Waals surface area contributed by atoms with Crippen molar-refractivity contribution in [1.82, 2.24) is 0 Å². The molecule has 2 heterocycles. The summed E-state index contributed by atoms with van der Waals surface area (Å²) >= 11 is 3.21. The predicted molar refractivity (Wildman–Crippen MR) is 149 cm³/mol. The lowest BCUT2D eigenvalue weighted by Gasteiger charge is -2.34. The van der Waals surface area contributed by atoms with E-state index in [0.29, 0.717) is 12.0 Å². The number of hydrogen-bond acceptors (Lipinski definition) is 9. The number of allylic oxidation sites excluding steroid dienone is 1. The fourth-order valence-electron chi connectivity index (χ4n) is 4.81. The first-order valence-corrected chi connectivity index (χ1v) is 14.2. The van der Waals surface area contributed by atoms with Gasteiger partial charge in [0.15, 0.2) is 11.7 Å². The van der Waals surface area contributed by atoms with Gasteiger partial charge in [-0.05, 0) is 42.3 Å². The van der Waals surface area contributed by atoms with Gasteiger partial charge >= 0.3 is 23.7 Å². The molecule has 1 aliphatic heterocycles. The lowest BCUT2D eigenvalue weighted by molar-refractivity contribution is -0.177. The third-order valence-electron chi connectivity index (χ3n) is 6.91. The van der Waals surface area contributed by atoms with Crippen LogP contribution in [0.15, 0.2) is 43.0 Å². The number of carbonyl (C=O) groups excluding carboxylic acids is 2. The highest BCUT2D eigenvalue weighted by molar-refractivity contribution is 9.10. The Morgan fingerprint density at radius 1 is 1.07 bits per heavy atom. The van der Waals surface area contributed by atoms with Gasteiger partial charge in [0.05, 0.1) is 4.47 Å². The van der Waals surface area contributed by atoms with Crippen LogP contribution in [0.2, 0.25) is 0 Å². The SMILES string of the molecule is CCCCCCCCCC(=O)OCC1(C(OC(=O)O)c2cc(=O)oc3cc(O)c(Br)cc23)CC(=C(C)C)C(=O)O1. The van der Waals surface area contributed by atoms with E-state index in [1.165, 1.54) is 18.6 Å². The lowest BCUT2D eigenvalue weighted by atomic mass is 9.85. The standard InChI is InChI=1S/C29H35BrO10/c1-4-5-6-7-8-9-10-11-24(32)37-16-29(15-20(17(2)3)27(34)40-29)26(39-28(35)36)19-13-25(33)38-23-14-22(31)21(30)12-18(19)23/h12-14,26,31H,4-11,15-16H2,1-3H3,(H,35,36). The number of cyclic esters (lactones) is 1. The molecule has 1 aliphatic rings. The number of benzene rings is 1. The quantitative estimate of drug-likeness (QED) is 0.0811. The van der Waals surface area contributed by atoms with E-state index in [0.717, 1.165) is 38.2 Å². The Labute approximate surface area is 240 Å². The molecule has 2 unspecified atom stereocenters. The zero-order chi connectivity index (χ0) is 29.4. The van der Waals surface area contributed by atoms with Crippen molar-refractivity contribution in [2.45, 2.75) is 90.3 Å². The number of unbranched alkanes of at least 4 members (excludes halogenated alkanes) is 6. The van der Waals surface area contributed by atoms with Gasteiger partial charge in [0, 0.05) is 41.5 Å². The minimum Gasteiger partial charge on any atom is -0.507 e. The van der Waals surface area contributed by atoms with Crippen molar-refractivity contribution in [3.63, 3.8) is 0 Å². The second-order valence-corrected chi connectivity index (χ2v) is 11.1. The molecule has 218 valence electrons. The highest BCUT2D eigenvalue weighted by atomic mass is 79.9. The van der Waals surface area contributed by atoms with Crippen LogP contribution >= 0.6 is 15.9 Å². The average Bonchev–Trinajstić information content (AvgIpc) is 3.23. The lowest BCUT2D eigenvalue weighted by Crippen LogP contribution is -2.44. The van der Waals surface area contributed by atoms with Crippen LogP contribution in [0, 0.1) is 0 Å². The molecule has 0 aliphatic carbocycles. The highest BCUT2D eigenvalue weighted by Crippen LogP contribution is 2.46. The molecule has 0 saturated carbocycles. The minimum atomic E-state index is -1.79. The maximum Gasteiger partial charge on any atom is 0.506 e. The van der Waals surface area contributed by atoms with E-state index in [4.69, 9.17) is 18.6 Å². The average molecular weight is 623 g/mol. The molecule has 2 aromatic rings. The third kappa shape index (κ3) is 7.65. The zero-order valence-corrected chi connectivity index (χ0v) is 24.5. The molecule has 10 nitrogen and oxygen atoms in total. The molecule has 1 aromatic heterocycles. The predicted octanol–water partition coefficient (Wildman–Crippen LogP) is 6.70. The van der Waals surface area contributed by atoms with Crippen molar-refractivity contribution < 1.29 is 43.2 Å². The number of rotatable bonds is 13. The maximum atomic E-state index is 12.9. The zero-order valence-electron chi connectivity index (χ0n) is 22.9. The van der Waals surface area contributed by atoms with Crippen LogP contribution in [-0.2, 0) is 23.8 Å². The third-order valence-corrected chi connectivity index (χ3v) is 7.54. The van der Waals surface area contributed by atoms with Crippen LogP contribution in [0.3, 0.4) is 0 Å². The Hall–Kier alpha value is -3.34. The van der Waals surface area contributed by atoms with Gasteiger partial charge in [-0.3, -0.25) is 4.79 Å². The van der Waals surface area contributed by atoms with E-state index in [9.17, 15) is 29.4 Å². The van der Waals surface area contributed by atoms with Crippen molar-refractivity contribution in [3.05, 3.63) is 49.8 Å². The van der Waals surface area contributed by atoms with Crippen molar-refractivity contribution >= 4 is 45.0 Å². The van der Waals surface area contributed by atoms with E-state index < -0.39 is 42.0 Å². The summed E-state index contributed by atoms with van der Waals surface area (Å²) in [5.41, 5.74) is -1.72. The normalized spacial score (nSPS) is 17.5. The van der Waals surface area contributed by atoms with Crippen molar-refractivity contribution in [2.75, 3.05) is 6.61 Å². The summed E-state index contributed by atoms with van der Waals surface area (Å²) in [5.74, 6) is -1.43. The van der Waals surface area contributed by atoms with Crippen molar-refractivity contribution in [3.8, 4) is 5.75 Å². The molecule has 2 N–H and O–H groups in total. The van der Waals surface area contributed by atoms with Gasteiger partial charge < -0.3 is 28.8 Å². The summed E-state index contributed by atoms with van der Waals surface area (Å²) in [4.78, 5) is 49.9. The van der Waals surface area contributed by atoms with Crippen LogP contribution < -0.4 is 5.63 Å². The number of fused-ring (bicyclic) bond motifs is 1. The van der Waals surface area contributed by atoms with Crippen LogP contribution in [0.5, 0.6) is 5.75 Å². The molecule has 3 rings (SSSR count).